The van der Waals surface area contributed by atoms with Gasteiger partial charge in [-0.1, -0.05) is 13.3 Å². The minimum atomic E-state index is -3.72. The molecule has 1 aliphatic rings. The van der Waals surface area contributed by atoms with Crippen molar-refractivity contribution in [1.82, 2.24) is 9.03 Å². The van der Waals surface area contributed by atoms with E-state index in [2.05, 4.69) is 0 Å². The Labute approximate surface area is 90.0 Å². The van der Waals surface area contributed by atoms with Crippen LogP contribution in [-0.2, 0) is 15.0 Å². The molecule has 15 heavy (non-hydrogen) atoms. The van der Waals surface area contributed by atoms with Crippen LogP contribution in [0.3, 0.4) is 0 Å². The zero-order valence-electron chi connectivity index (χ0n) is 9.15. The van der Waals surface area contributed by atoms with Crippen molar-refractivity contribution in [2.24, 2.45) is 11.7 Å². The molecule has 1 aliphatic carbocycles. The molecule has 0 aliphatic heterocycles. The smallest absolute Gasteiger partial charge is 0.303 e. The van der Waals surface area contributed by atoms with Crippen molar-refractivity contribution in [2.45, 2.75) is 25.3 Å². The quantitative estimate of drug-likeness (QED) is 0.656. The molecule has 6 nitrogen and oxygen atoms in total. The van der Waals surface area contributed by atoms with Gasteiger partial charge in [-0.05, 0) is 12.3 Å². The summed E-state index contributed by atoms with van der Waals surface area (Å²) in [5, 5.41) is 0. The van der Waals surface area contributed by atoms with Gasteiger partial charge in [-0.15, -0.1) is 0 Å². The number of nitrogens with two attached hydrogens (primary N) is 1. The molecule has 88 valence electrons. The molecule has 2 atom stereocenters. The van der Waals surface area contributed by atoms with Crippen LogP contribution in [0.25, 0.3) is 0 Å². The molecule has 0 unspecified atom stereocenters. The molecule has 7 heteroatoms. The molecule has 0 heterocycles. The van der Waals surface area contributed by atoms with Gasteiger partial charge < -0.3 is 5.73 Å². The molecule has 3 N–H and O–H groups in total. The van der Waals surface area contributed by atoms with Crippen LogP contribution in [0.4, 0.5) is 0 Å². The molecule has 0 saturated heterocycles. The van der Waals surface area contributed by atoms with Gasteiger partial charge >= 0.3 is 10.2 Å². The molecule has 0 bridgehead atoms. The number of hydrogen-bond acceptors (Lipinski definition) is 4. The maximum Gasteiger partial charge on any atom is 0.303 e. The number of rotatable bonds is 4. The van der Waals surface area contributed by atoms with E-state index in [1.807, 2.05) is 11.6 Å². The third-order valence-electron chi connectivity index (χ3n) is 2.77. The first-order valence-corrected chi connectivity index (χ1v) is 6.21. The zero-order chi connectivity index (χ0) is 11.9. The molecular formula is C8H17N3O3S. The van der Waals surface area contributed by atoms with Crippen LogP contribution in [0.15, 0.2) is 0 Å². The highest BCUT2D eigenvalue weighted by molar-refractivity contribution is 7.87. The fourth-order valence-electron chi connectivity index (χ4n) is 1.44. The number of carbonyl (C=O) groups excluding carboxylic acids is 1. The third-order valence-corrected chi connectivity index (χ3v) is 4.18. The van der Waals surface area contributed by atoms with E-state index in [0.717, 1.165) is 10.7 Å². The van der Waals surface area contributed by atoms with Crippen molar-refractivity contribution < 1.29 is 13.2 Å². The highest BCUT2D eigenvalue weighted by Gasteiger charge is 2.56. The Bertz CT molecular complexity index is 365. The van der Waals surface area contributed by atoms with Gasteiger partial charge in [-0.2, -0.15) is 12.7 Å². The Morgan fingerprint density at radius 3 is 2.47 bits per heavy atom. The molecule has 0 aromatic carbocycles. The number of amides is 1. The summed E-state index contributed by atoms with van der Waals surface area (Å²) in [6.45, 7) is 1.92. The van der Waals surface area contributed by atoms with E-state index in [1.54, 1.807) is 0 Å². The average molecular weight is 235 g/mol. The first-order chi connectivity index (χ1) is 6.74. The van der Waals surface area contributed by atoms with Gasteiger partial charge in [0, 0.05) is 14.1 Å². The summed E-state index contributed by atoms with van der Waals surface area (Å²) in [5.74, 6) is -0.516. The van der Waals surface area contributed by atoms with Crippen molar-refractivity contribution in [3.8, 4) is 0 Å². The van der Waals surface area contributed by atoms with Crippen LogP contribution in [0.5, 0.6) is 0 Å². The number of hydrogen-bond donors (Lipinski definition) is 2. The topological polar surface area (TPSA) is 92.5 Å². The van der Waals surface area contributed by atoms with Gasteiger partial charge in [0.05, 0.1) is 5.54 Å². The lowest BCUT2D eigenvalue weighted by Crippen LogP contribution is -2.49. The van der Waals surface area contributed by atoms with Gasteiger partial charge in [-0.3, -0.25) is 4.79 Å². The lowest BCUT2D eigenvalue weighted by Gasteiger charge is -2.15. The second kappa shape index (κ2) is 3.73. The minimum Gasteiger partial charge on any atom is -0.317 e. The maximum atomic E-state index is 11.6. The highest BCUT2D eigenvalue weighted by Crippen LogP contribution is 2.43. The van der Waals surface area contributed by atoms with Crippen molar-refractivity contribution in [3.05, 3.63) is 0 Å². The molecule has 0 aromatic heterocycles. The molecule has 1 rings (SSSR count). The first-order valence-electron chi connectivity index (χ1n) is 4.77. The lowest BCUT2D eigenvalue weighted by molar-refractivity contribution is -0.121. The second-order valence-electron chi connectivity index (χ2n) is 4.07. The third kappa shape index (κ3) is 2.30. The fourth-order valence-corrected chi connectivity index (χ4v) is 2.05. The normalized spacial score (nSPS) is 30.3. The van der Waals surface area contributed by atoms with E-state index in [1.165, 1.54) is 14.1 Å². The first kappa shape index (κ1) is 12.4. The van der Waals surface area contributed by atoms with Crippen LogP contribution in [0.2, 0.25) is 0 Å². The van der Waals surface area contributed by atoms with E-state index in [9.17, 15) is 13.2 Å². The summed E-state index contributed by atoms with van der Waals surface area (Å²) >= 11 is 0. The van der Waals surface area contributed by atoms with Crippen LogP contribution in [0, 0.1) is 5.92 Å². The predicted octanol–water partition coefficient (Wildman–Crippen LogP) is -0.964. The average Bonchev–Trinajstić information content (AvgIpc) is 2.78. The summed E-state index contributed by atoms with van der Waals surface area (Å²) in [6.07, 6.45) is 1.34. The maximum absolute atomic E-state index is 11.6. The van der Waals surface area contributed by atoms with Crippen molar-refractivity contribution >= 4 is 16.1 Å². The number of carbonyl (C=O) groups is 1. The number of nitrogens with zero attached hydrogens (tertiary/aromatic N) is 1. The zero-order valence-corrected chi connectivity index (χ0v) is 9.97. The highest BCUT2D eigenvalue weighted by atomic mass is 32.2. The van der Waals surface area contributed by atoms with E-state index in [0.29, 0.717) is 6.42 Å². The van der Waals surface area contributed by atoms with Crippen molar-refractivity contribution in [3.63, 3.8) is 0 Å². The summed E-state index contributed by atoms with van der Waals surface area (Å²) in [7, 11) is -1.02. The largest absolute Gasteiger partial charge is 0.317 e. The Morgan fingerprint density at radius 2 is 2.13 bits per heavy atom. The standard InChI is InChI=1S/C8H17N3O3S/c1-4-6-5-8(6,9)7(12)10-15(13,14)11(2)3/h6H,4-5,9H2,1-3H3,(H,10,12)/t6-,8-/m1/s1. The molecule has 0 aromatic rings. The molecule has 1 amide bonds. The minimum absolute atomic E-state index is 0.0925. The second-order valence-corrected chi connectivity index (χ2v) is 5.95. The van der Waals surface area contributed by atoms with Crippen LogP contribution >= 0.6 is 0 Å². The SMILES string of the molecule is CC[C@@H]1C[C@]1(N)C(=O)NS(=O)(=O)N(C)C. The lowest BCUT2D eigenvalue weighted by atomic mass is 10.2. The Morgan fingerprint density at radius 1 is 1.60 bits per heavy atom. The van der Waals surface area contributed by atoms with Crippen molar-refractivity contribution in [1.29, 1.82) is 0 Å². The Balaban J connectivity index is 2.66. The Hall–Kier alpha value is -0.660. The molecule has 0 spiro atoms. The summed E-state index contributed by atoms with van der Waals surface area (Å²) < 4.78 is 25.6. The molecular weight excluding hydrogens is 218 g/mol. The van der Waals surface area contributed by atoms with E-state index in [4.69, 9.17) is 5.73 Å². The molecule has 1 saturated carbocycles. The van der Waals surface area contributed by atoms with Crippen molar-refractivity contribution in [2.75, 3.05) is 14.1 Å². The summed E-state index contributed by atoms with van der Waals surface area (Å²) in [5.41, 5.74) is 4.77. The van der Waals surface area contributed by atoms with Crippen LogP contribution < -0.4 is 10.5 Å². The summed E-state index contributed by atoms with van der Waals surface area (Å²) in [6, 6.07) is 0. The molecule has 0 radical (unpaired) electrons. The summed E-state index contributed by atoms with van der Waals surface area (Å²) in [4.78, 5) is 11.6. The van der Waals surface area contributed by atoms with Gasteiger partial charge in [0.15, 0.2) is 0 Å². The molecule has 1 fully saturated rings. The Kier molecular flexibility index (Phi) is 3.09. The van der Waals surface area contributed by atoms with Gasteiger partial charge in [-0.25, -0.2) is 4.72 Å². The van der Waals surface area contributed by atoms with E-state index >= 15 is 0 Å². The van der Waals surface area contributed by atoms with Gasteiger partial charge in [0.2, 0.25) is 0 Å². The van der Waals surface area contributed by atoms with Gasteiger partial charge in [0.1, 0.15) is 0 Å². The number of nitrogens with one attached hydrogen (secondary N) is 1. The fraction of sp³-hybridized carbons (Fsp3) is 0.875. The van der Waals surface area contributed by atoms with Crippen LogP contribution in [-0.4, -0.2) is 38.3 Å². The van der Waals surface area contributed by atoms with E-state index in [-0.39, 0.29) is 5.92 Å². The van der Waals surface area contributed by atoms with E-state index < -0.39 is 21.7 Å². The predicted molar refractivity (Wildman–Crippen MR) is 56.1 cm³/mol. The van der Waals surface area contributed by atoms with Gasteiger partial charge in [0.25, 0.3) is 5.91 Å². The van der Waals surface area contributed by atoms with Crippen LogP contribution in [0.1, 0.15) is 19.8 Å². The monoisotopic (exact) mass is 235 g/mol.